The SMILES string of the molecule is C/C(=N\c1c(C(C)C)cccc1C(C)C)C(=O)/C(C)=N/c1c(C(C)C)cccc1C(C)C. The van der Waals surface area contributed by atoms with E-state index in [-0.39, 0.29) is 5.78 Å². The van der Waals surface area contributed by atoms with E-state index in [1.165, 1.54) is 22.3 Å². The highest BCUT2D eigenvalue weighted by molar-refractivity contribution is 6.66. The first-order valence-corrected chi connectivity index (χ1v) is 11.9. The third kappa shape index (κ3) is 5.82. The minimum Gasteiger partial charge on any atom is -0.286 e. The fourth-order valence-electron chi connectivity index (χ4n) is 3.98. The third-order valence-corrected chi connectivity index (χ3v) is 5.90. The predicted octanol–water partition coefficient (Wildman–Crippen LogP) is 8.63. The molecule has 0 saturated carbocycles. The van der Waals surface area contributed by atoms with Crippen LogP contribution >= 0.6 is 0 Å². The van der Waals surface area contributed by atoms with Gasteiger partial charge in [0.25, 0.3) is 0 Å². The molecule has 2 aromatic rings. The summed E-state index contributed by atoms with van der Waals surface area (Å²) in [7, 11) is 0. The van der Waals surface area contributed by atoms with Crippen molar-refractivity contribution >= 4 is 28.6 Å². The maximum absolute atomic E-state index is 13.3. The van der Waals surface area contributed by atoms with Gasteiger partial charge in [-0.15, -0.1) is 0 Å². The second-order valence-electron chi connectivity index (χ2n) is 9.91. The van der Waals surface area contributed by atoms with Crippen LogP contribution in [0, 0.1) is 0 Å². The van der Waals surface area contributed by atoms with Gasteiger partial charge >= 0.3 is 0 Å². The van der Waals surface area contributed by atoms with E-state index in [0.717, 1.165) is 11.4 Å². The normalized spacial score (nSPS) is 13.1. The van der Waals surface area contributed by atoms with E-state index >= 15 is 0 Å². The molecule has 0 fully saturated rings. The number of aliphatic imine (C=N–C) groups is 2. The molecule has 0 N–H and O–H groups in total. The number of rotatable bonds is 8. The zero-order chi connectivity index (χ0) is 24.2. The van der Waals surface area contributed by atoms with Gasteiger partial charge in [0.2, 0.25) is 5.78 Å². The zero-order valence-electron chi connectivity index (χ0n) is 21.6. The minimum absolute atomic E-state index is 0.105. The van der Waals surface area contributed by atoms with Crippen LogP contribution in [0.15, 0.2) is 46.4 Å². The lowest BCUT2D eigenvalue weighted by Gasteiger charge is -2.18. The molecule has 0 heterocycles. The third-order valence-electron chi connectivity index (χ3n) is 5.90. The Morgan fingerprint density at radius 3 is 1.03 bits per heavy atom. The van der Waals surface area contributed by atoms with Gasteiger partial charge in [-0.3, -0.25) is 4.79 Å². The van der Waals surface area contributed by atoms with Crippen molar-refractivity contribution in [3.05, 3.63) is 58.7 Å². The lowest BCUT2D eigenvalue weighted by atomic mass is 9.92. The van der Waals surface area contributed by atoms with E-state index in [4.69, 9.17) is 9.98 Å². The van der Waals surface area contributed by atoms with Crippen molar-refractivity contribution in [1.82, 2.24) is 0 Å². The number of Topliss-reactive ketones (excluding diaryl/α,β-unsaturated/α-hetero) is 1. The van der Waals surface area contributed by atoms with E-state index in [2.05, 4.69) is 91.8 Å². The van der Waals surface area contributed by atoms with Crippen LogP contribution in [0.25, 0.3) is 0 Å². The highest BCUT2D eigenvalue weighted by Crippen LogP contribution is 2.36. The number of carbonyl (C=O) groups excluding carboxylic acids is 1. The Morgan fingerprint density at radius 2 is 0.812 bits per heavy atom. The van der Waals surface area contributed by atoms with Gasteiger partial charge in [0.15, 0.2) is 0 Å². The van der Waals surface area contributed by atoms with Crippen LogP contribution in [-0.4, -0.2) is 17.2 Å². The fraction of sp³-hybridized carbons (Fsp3) is 0.483. The molecule has 0 saturated heterocycles. The Labute approximate surface area is 195 Å². The lowest BCUT2D eigenvalue weighted by Crippen LogP contribution is -2.19. The van der Waals surface area contributed by atoms with Gasteiger partial charge in [-0.25, -0.2) is 9.98 Å². The maximum Gasteiger partial charge on any atom is 0.220 e. The molecule has 0 aromatic heterocycles. The number of ketones is 1. The fourth-order valence-corrected chi connectivity index (χ4v) is 3.98. The van der Waals surface area contributed by atoms with Gasteiger partial charge in [0.1, 0.15) is 0 Å². The van der Waals surface area contributed by atoms with Crippen molar-refractivity contribution < 1.29 is 4.79 Å². The minimum atomic E-state index is -0.105. The lowest BCUT2D eigenvalue weighted by molar-refractivity contribution is -0.107. The quantitative estimate of drug-likeness (QED) is 0.385. The Hall–Kier alpha value is -2.55. The van der Waals surface area contributed by atoms with Crippen LogP contribution in [0.1, 0.15) is 115 Å². The molecule has 0 bridgehead atoms. The molecule has 2 rings (SSSR count). The number of carbonyl (C=O) groups is 1. The summed E-state index contributed by atoms with van der Waals surface area (Å²) < 4.78 is 0. The smallest absolute Gasteiger partial charge is 0.220 e. The van der Waals surface area contributed by atoms with E-state index < -0.39 is 0 Å². The highest BCUT2D eigenvalue weighted by Gasteiger charge is 2.19. The standard InChI is InChI=1S/C29H40N2O/c1-17(2)23-13-11-14-24(18(3)4)27(23)30-21(9)29(32)22(10)31-28-25(19(5)6)15-12-16-26(28)20(7)8/h11-20H,1-10H3/b30-21+,31-22+. The Kier molecular flexibility index (Phi) is 8.72. The molecule has 0 amide bonds. The van der Waals surface area contributed by atoms with Gasteiger partial charge in [-0.05, 0) is 59.8 Å². The van der Waals surface area contributed by atoms with E-state index in [1.807, 2.05) is 0 Å². The summed E-state index contributed by atoms with van der Waals surface area (Å²) in [5, 5.41) is 0. The van der Waals surface area contributed by atoms with Crippen molar-refractivity contribution in [2.24, 2.45) is 9.98 Å². The van der Waals surface area contributed by atoms with Crippen LogP contribution in [-0.2, 0) is 4.79 Å². The summed E-state index contributed by atoms with van der Waals surface area (Å²) in [5.41, 5.74) is 7.51. The van der Waals surface area contributed by atoms with E-state index in [0.29, 0.717) is 35.1 Å². The van der Waals surface area contributed by atoms with Crippen molar-refractivity contribution in [3.8, 4) is 0 Å². The number of nitrogens with zero attached hydrogens (tertiary/aromatic N) is 2. The maximum atomic E-state index is 13.3. The molecule has 0 aliphatic rings. The number of benzene rings is 2. The molecule has 2 aromatic carbocycles. The molecule has 32 heavy (non-hydrogen) atoms. The number of hydrogen-bond acceptors (Lipinski definition) is 3. The molecule has 0 radical (unpaired) electrons. The summed E-state index contributed by atoms with van der Waals surface area (Å²) in [6.07, 6.45) is 0. The first-order chi connectivity index (χ1) is 15.0. The van der Waals surface area contributed by atoms with Crippen molar-refractivity contribution in [1.29, 1.82) is 0 Å². The zero-order valence-corrected chi connectivity index (χ0v) is 21.6. The molecular weight excluding hydrogens is 392 g/mol. The van der Waals surface area contributed by atoms with Crippen molar-refractivity contribution in [3.63, 3.8) is 0 Å². The average Bonchev–Trinajstić information content (AvgIpc) is 2.72. The molecule has 172 valence electrons. The van der Waals surface area contributed by atoms with Crippen molar-refractivity contribution in [2.75, 3.05) is 0 Å². The second kappa shape index (κ2) is 10.8. The molecule has 0 aliphatic carbocycles. The largest absolute Gasteiger partial charge is 0.286 e. The summed E-state index contributed by atoms with van der Waals surface area (Å²) in [6.45, 7) is 20.9. The van der Waals surface area contributed by atoms with Gasteiger partial charge in [-0.1, -0.05) is 91.8 Å². The molecule has 0 atom stereocenters. The summed E-state index contributed by atoms with van der Waals surface area (Å²) >= 11 is 0. The topological polar surface area (TPSA) is 41.8 Å². The van der Waals surface area contributed by atoms with Crippen LogP contribution < -0.4 is 0 Å². The van der Waals surface area contributed by atoms with Crippen LogP contribution in [0.4, 0.5) is 11.4 Å². The summed E-state index contributed by atoms with van der Waals surface area (Å²) in [5.74, 6) is 1.22. The molecule has 0 aliphatic heterocycles. The molecule has 3 heteroatoms. The van der Waals surface area contributed by atoms with Gasteiger partial charge in [-0.2, -0.15) is 0 Å². The molecule has 0 unspecified atom stereocenters. The monoisotopic (exact) mass is 432 g/mol. The number of para-hydroxylation sites is 2. The second-order valence-corrected chi connectivity index (χ2v) is 9.91. The van der Waals surface area contributed by atoms with Crippen LogP contribution in [0.5, 0.6) is 0 Å². The van der Waals surface area contributed by atoms with Gasteiger partial charge in [0, 0.05) is 0 Å². The first-order valence-electron chi connectivity index (χ1n) is 11.9. The highest BCUT2D eigenvalue weighted by atomic mass is 16.1. The predicted molar refractivity (Wildman–Crippen MR) is 140 cm³/mol. The van der Waals surface area contributed by atoms with Gasteiger partial charge < -0.3 is 0 Å². The van der Waals surface area contributed by atoms with Crippen LogP contribution in [0.3, 0.4) is 0 Å². The summed E-state index contributed by atoms with van der Waals surface area (Å²) in [6, 6.07) is 12.6. The Balaban J connectivity index is 2.57. The Morgan fingerprint density at radius 1 is 0.562 bits per heavy atom. The Bertz CT molecular complexity index is 889. The van der Waals surface area contributed by atoms with Crippen LogP contribution in [0.2, 0.25) is 0 Å². The number of hydrogen-bond donors (Lipinski definition) is 0. The molecular formula is C29H40N2O. The first kappa shape index (κ1) is 25.7. The summed E-state index contributed by atoms with van der Waals surface area (Å²) in [4.78, 5) is 23.0. The van der Waals surface area contributed by atoms with Crippen molar-refractivity contribution in [2.45, 2.75) is 92.9 Å². The molecule has 3 nitrogen and oxygen atoms in total. The average molecular weight is 433 g/mol. The molecule has 0 spiro atoms. The van der Waals surface area contributed by atoms with E-state index in [1.54, 1.807) is 13.8 Å². The van der Waals surface area contributed by atoms with E-state index in [9.17, 15) is 4.79 Å². The van der Waals surface area contributed by atoms with Gasteiger partial charge in [0.05, 0.1) is 22.8 Å².